The molecule has 0 bridgehead atoms. The molecule has 0 unspecified atom stereocenters. The first-order valence-electron chi connectivity index (χ1n) is 6.26. The second-order valence-corrected chi connectivity index (χ2v) is 4.36. The zero-order chi connectivity index (χ0) is 13.0. The Labute approximate surface area is 108 Å². The number of ether oxygens (including phenoxy) is 1. The number of aromatic nitrogens is 2. The summed E-state index contributed by atoms with van der Waals surface area (Å²) in [6.07, 6.45) is 3.96. The summed E-state index contributed by atoms with van der Waals surface area (Å²) in [6.45, 7) is 3.20. The maximum absolute atomic E-state index is 5.21. The van der Waals surface area contributed by atoms with Gasteiger partial charge in [-0.25, -0.2) is 9.97 Å². The van der Waals surface area contributed by atoms with Crippen molar-refractivity contribution in [2.75, 3.05) is 25.6 Å². The summed E-state index contributed by atoms with van der Waals surface area (Å²) in [5.74, 6) is 1.81. The maximum Gasteiger partial charge on any atom is 0.139 e. The minimum Gasteiger partial charge on any atom is -0.497 e. The van der Waals surface area contributed by atoms with Gasteiger partial charge in [-0.2, -0.15) is 0 Å². The van der Waals surface area contributed by atoms with Gasteiger partial charge in [-0.1, -0.05) is 13.3 Å². The lowest BCUT2D eigenvalue weighted by molar-refractivity contribution is 0.415. The molecule has 0 radical (unpaired) electrons. The molecule has 0 aliphatic heterocycles. The van der Waals surface area contributed by atoms with Gasteiger partial charge in [0.05, 0.1) is 12.6 Å². The van der Waals surface area contributed by atoms with Gasteiger partial charge in [0, 0.05) is 25.0 Å². The van der Waals surface area contributed by atoms with Gasteiger partial charge in [-0.05, 0) is 18.6 Å². The molecular weight excluding hydrogens is 226 g/mol. The number of rotatable bonds is 5. The summed E-state index contributed by atoms with van der Waals surface area (Å²) < 4.78 is 5.21. The smallest absolute Gasteiger partial charge is 0.139 e. The van der Waals surface area contributed by atoms with Crippen molar-refractivity contribution >= 4 is 16.7 Å². The molecule has 0 amide bonds. The first kappa shape index (κ1) is 12.6. The third-order valence-corrected chi connectivity index (χ3v) is 3.03. The van der Waals surface area contributed by atoms with E-state index in [1.165, 1.54) is 6.42 Å². The van der Waals surface area contributed by atoms with Crippen molar-refractivity contribution in [1.82, 2.24) is 9.97 Å². The highest BCUT2D eigenvalue weighted by atomic mass is 16.5. The van der Waals surface area contributed by atoms with Crippen LogP contribution in [-0.2, 0) is 0 Å². The Morgan fingerprint density at radius 2 is 2.11 bits per heavy atom. The van der Waals surface area contributed by atoms with Crippen LogP contribution in [0.4, 0.5) is 5.82 Å². The maximum atomic E-state index is 5.21. The fourth-order valence-electron chi connectivity index (χ4n) is 1.95. The molecule has 1 aromatic heterocycles. The number of hydrogen-bond acceptors (Lipinski definition) is 4. The molecule has 0 N–H and O–H groups in total. The standard InChI is InChI=1S/C14H19N3O/c1-4-5-8-17(2)14-12-7-6-11(18-3)9-13(12)15-10-16-14/h6-7,9-10H,4-5,8H2,1-3H3. The van der Waals surface area contributed by atoms with Gasteiger partial charge in [0.25, 0.3) is 0 Å². The zero-order valence-corrected chi connectivity index (χ0v) is 11.2. The van der Waals surface area contributed by atoms with Crippen molar-refractivity contribution in [1.29, 1.82) is 0 Å². The average Bonchev–Trinajstić information content (AvgIpc) is 2.43. The van der Waals surface area contributed by atoms with Crippen LogP contribution in [0, 0.1) is 0 Å². The van der Waals surface area contributed by atoms with Gasteiger partial charge in [-0.15, -0.1) is 0 Å². The molecule has 0 aliphatic carbocycles. The number of unbranched alkanes of at least 4 members (excludes halogenated alkanes) is 1. The van der Waals surface area contributed by atoms with Crippen LogP contribution < -0.4 is 9.64 Å². The molecule has 1 aromatic carbocycles. The first-order chi connectivity index (χ1) is 8.76. The Kier molecular flexibility index (Phi) is 3.97. The highest BCUT2D eigenvalue weighted by Crippen LogP contribution is 2.25. The van der Waals surface area contributed by atoms with Crippen LogP contribution in [0.5, 0.6) is 5.75 Å². The minimum atomic E-state index is 0.823. The van der Waals surface area contributed by atoms with Gasteiger partial charge < -0.3 is 9.64 Å². The molecule has 0 spiro atoms. The lowest BCUT2D eigenvalue weighted by Crippen LogP contribution is -2.19. The van der Waals surface area contributed by atoms with Crippen molar-refractivity contribution in [3.05, 3.63) is 24.5 Å². The van der Waals surface area contributed by atoms with Gasteiger partial charge in [-0.3, -0.25) is 0 Å². The highest BCUT2D eigenvalue weighted by Gasteiger charge is 2.08. The SMILES string of the molecule is CCCCN(C)c1ncnc2cc(OC)ccc12. The summed E-state index contributed by atoms with van der Waals surface area (Å²) in [7, 11) is 3.73. The van der Waals surface area contributed by atoms with Gasteiger partial charge in [0.1, 0.15) is 17.9 Å². The summed E-state index contributed by atoms with van der Waals surface area (Å²) in [5.41, 5.74) is 0.919. The molecule has 2 rings (SSSR count). The van der Waals surface area contributed by atoms with Crippen LogP contribution in [0.15, 0.2) is 24.5 Å². The Morgan fingerprint density at radius 3 is 2.83 bits per heavy atom. The lowest BCUT2D eigenvalue weighted by Gasteiger charge is -2.19. The Balaban J connectivity index is 2.39. The van der Waals surface area contributed by atoms with Crippen LogP contribution in [-0.4, -0.2) is 30.7 Å². The molecule has 4 nitrogen and oxygen atoms in total. The van der Waals surface area contributed by atoms with Crippen molar-refractivity contribution in [3.63, 3.8) is 0 Å². The second-order valence-electron chi connectivity index (χ2n) is 4.36. The van der Waals surface area contributed by atoms with E-state index in [0.717, 1.165) is 35.4 Å². The molecule has 18 heavy (non-hydrogen) atoms. The Hall–Kier alpha value is -1.84. The van der Waals surface area contributed by atoms with Crippen molar-refractivity contribution in [3.8, 4) is 5.75 Å². The van der Waals surface area contributed by atoms with Crippen LogP contribution in [0.2, 0.25) is 0 Å². The molecule has 4 heteroatoms. The number of nitrogens with zero attached hydrogens (tertiary/aromatic N) is 3. The molecule has 96 valence electrons. The quantitative estimate of drug-likeness (QED) is 0.812. The highest BCUT2D eigenvalue weighted by molar-refractivity contribution is 5.90. The van der Waals surface area contributed by atoms with E-state index in [4.69, 9.17) is 4.74 Å². The van der Waals surface area contributed by atoms with Gasteiger partial charge in [0.2, 0.25) is 0 Å². The predicted octanol–water partition coefficient (Wildman–Crippen LogP) is 2.87. The van der Waals surface area contributed by atoms with E-state index in [0.29, 0.717) is 0 Å². The molecule has 0 saturated carbocycles. The first-order valence-corrected chi connectivity index (χ1v) is 6.26. The van der Waals surface area contributed by atoms with Crippen LogP contribution >= 0.6 is 0 Å². The zero-order valence-electron chi connectivity index (χ0n) is 11.2. The molecular formula is C14H19N3O. The predicted molar refractivity (Wildman–Crippen MR) is 74.3 cm³/mol. The fraction of sp³-hybridized carbons (Fsp3) is 0.429. The summed E-state index contributed by atoms with van der Waals surface area (Å²) in [6, 6.07) is 5.91. The third kappa shape index (κ3) is 2.53. The van der Waals surface area contributed by atoms with Crippen molar-refractivity contribution in [2.24, 2.45) is 0 Å². The van der Waals surface area contributed by atoms with Crippen molar-refractivity contribution < 1.29 is 4.74 Å². The summed E-state index contributed by atoms with van der Waals surface area (Å²) in [5, 5.41) is 1.07. The molecule has 2 aromatic rings. The summed E-state index contributed by atoms with van der Waals surface area (Å²) >= 11 is 0. The Morgan fingerprint density at radius 1 is 1.28 bits per heavy atom. The van der Waals surface area contributed by atoms with E-state index < -0.39 is 0 Å². The van der Waals surface area contributed by atoms with Crippen molar-refractivity contribution in [2.45, 2.75) is 19.8 Å². The second kappa shape index (κ2) is 5.67. The van der Waals surface area contributed by atoms with Crippen LogP contribution in [0.25, 0.3) is 10.9 Å². The number of benzene rings is 1. The number of hydrogen-bond donors (Lipinski definition) is 0. The number of methoxy groups -OCH3 is 1. The molecule has 0 saturated heterocycles. The number of fused-ring (bicyclic) bond motifs is 1. The number of anilines is 1. The lowest BCUT2D eigenvalue weighted by atomic mass is 10.2. The average molecular weight is 245 g/mol. The minimum absolute atomic E-state index is 0.823. The van der Waals surface area contributed by atoms with E-state index in [1.807, 2.05) is 18.2 Å². The van der Waals surface area contributed by atoms with Crippen LogP contribution in [0.1, 0.15) is 19.8 Å². The Bertz CT molecular complexity index is 527. The monoisotopic (exact) mass is 245 g/mol. The fourth-order valence-corrected chi connectivity index (χ4v) is 1.95. The van der Waals surface area contributed by atoms with Crippen LogP contribution in [0.3, 0.4) is 0 Å². The third-order valence-electron chi connectivity index (χ3n) is 3.03. The molecule has 0 atom stereocenters. The molecule has 0 fully saturated rings. The van der Waals surface area contributed by atoms with E-state index in [9.17, 15) is 0 Å². The molecule has 0 aliphatic rings. The van der Waals surface area contributed by atoms with Gasteiger partial charge in [0.15, 0.2) is 0 Å². The normalized spacial score (nSPS) is 10.6. The van der Waals surface area contributed by atoms with E-state index in [-0.39, 0.29) is 0 Å². The largest absolute Gasteiger partial charge is 0.497 e. The summed E-state index contributed by atoms with van der Waals surface area (Å²) in [4.78, 5) is 10.9. The van der Waals surface area contributed by atoms with E-state index in [2.05, 4.69) is 28.8 Å². The topological polar surface area (TPSA) is 38.2 Å². The molecule has 1 heterocycles. The van der Waals surface area contributed by atoms with Gasteiger partial charge >= 0.3 is 0 Å². The van der Waals surface area contributed by atoms with E-state index >= 15 is 0 Å². The van der Waals surface area contributed by atoms with E-state index in [1.54, 1.807) is 13.4 Å².